The fraction of sp³-hybridized carbons (Fsp3) is 0.167. The largest absolute Gasteiger partial charge is 0.493 e. The Bertz CT molecular complexity index is 221. The molecule has 10 heavy (non-hydrogen) atoms. The molecule has 0 bridgehead atoms. The Labute approximate surface area is 81.3 Å². The number of rotatable bonds is 1. The number of ether oxygens (including phenoxy) is 1. The minimum absolute atomic E-state index is 0.752. The standard InChI is InChI=1S/C6H5BrINO/c1-10-5-4(8)2-3-9-6(5)7/h2-3H,1H3. The number of hydrogen-bond acceptors (Lipinski definition) is 2. The van der Waals surface area contributed by atoms with Gasteiger partial charge in [-0.3, -0.25) is 0 Å². The maximum absolute atomic E-state index is 5.06. The molecule has 4 heteroatoms. The lowest BCUT2D eigenvalue weighted by atomic mass is 10.5. The van der Waals surface area contributed by atoms with Crippen molar-refractivity contribution < 1.29 is 4.74 Å². The predicted octanol–water partition coefficient (Wildman–Crippen LogP) is 2.46. The lowest BCUT2D eigenvalue weighted by Gasteiger charge is -2.02. The first-order chi connectivity index (χ1) is 4.75. The van der Waals surface area contributed by atoms with Gasteiger partial charge in [0.2, 0.25) is 0 Å². The molecule has 54 valence electrons. The molecule has 0 spiro atoms. The minimum Gasteiger partial charge on any atom is -0.493 e. The summed E-state index contributed by atoms with van der Waals surface area (Å²) in [5.74, 6) is 0.795. The van der Waals surface area contributed by atoms with Crippen molar-refractivity contribution in [3.8, 4) is 5.75 Å². The number of methoxy groups -OCH3 is 1. The molecule has 0 radical (unpaired) electrons. The molecule has 0 unspecified atom stereocenters. The Morgan fingerprint density at radius 2 is 2.40 bits per heavy atom. The van der Waals surface area contributed by atoms with E-state index in [0.29, 0.717) is 0 Å². The first-order valence-electron chi connectivity index (χ1n) is 2.59. The summed E-state index contributed by atoms with van der Waals surface area (Å²) in [5, 5.41) is 0. The van der Waals surface area contributed by atoms with Crippen LogP contribution in [-0.4, -0.2) is 12.1 Å². The molecule has 0 aliphatic heterocycles. The third-order valence-corrected chi connectivity index (χ3v) is 2.43. The number of hydrogen-bond donors (Lipinski definition) is 0. The van der Waals surface area contributed by atoms with Gasteiger partial charge in [-0.25, -0.2) is 4.98 Å². The Kier molecular flexibility index (Phi) is 2.91. The number of pyridine rings is 1. The second-order valence-corrected chi connectivity index (χ2v) is 3.53. The van der Waals surface area contributed by atoms with E-state index in [9.17, 15) is 0 Å². The fourth-order valence-corrected chi connectivity index (χ4v) is 2.08. The molecule has 0 saturated carbocycles. The fourth-order valence-electron chi connectivity index (χ4n) is 0.583. The number of halogens is 2. The van der Waals surface area contributed by atoms with E-state index in [4.69, 9.17) is 4.74 Å². The zero-order chi connectivity index (χ0) is 7.56. The van der Waals surface area contributed by atoms with Crippen molar-refractivity contribution in [1.82, 2.24) is 4.98 Å². The van der Waals surface area contributed by atoms with Gasteiger partial charge in [0.1, 0.15) is 4.60 Å². The van der Waals surface area contributed by atoms with Gasteiger partial charge < -0.3 is 4.74 Å². The van der Waals surface area contributed by atoms with Gasteiger partial charge in [0.05, 0.1) is 10.7 Å². The van der Waals surface area contributed by atoms with E-state index in [1.165, 1.54) is 0 Å². The van der Waals surface area contributed by atoms with E-state index in [0.717, 1.165) is 13.9 Å². The molecular formula is C6H5BrINO. The SMILES string of the molecule is COc1c(I)ccnc1Br. The molecular weight excluding hydrogens is 309 g/mol. The van der Waals surface area contributed by atoms with Crippen molar-refractivity contribution in [2.24, 2.45) is 0 Å². The van der Waals surface area contributed by atoms with E-state index >= 15 is 0 Å². The maximum atomic E-state index is 5.06. The van der Waals surface area contributed by atoms with Crippen molar-refractivity contribution in [3.05, 3.63) is 20.4 Å². The second kappa shape index (κ2) is 3.52. The molecule has 0 fully saturated rings. The zero-order valence-corrected chi connectivity index (χ0v) is 9.01. The van der Waals surface area contributed by atoms with Crippen LogP contribution in [0.15, 0.2) is 16.9 Å². The Morgan fingerprint density at radius 1 is 1.70 bits per heavy atom. The highest BCUT2D eigenvalue weighted by Crippen LogP contribution is 2.26. The summed E-state index contributed by atoms with van der Waals surface area (Å²) in [6, 6.07) is 1.89. The van der Waals surface area contributed by atoms with Crippen LogP contribution in [0, 0.1) is 3.57 Å². The highest BCUT2D eigenvalue weighted by molar-refractivity contribution is 14.1. The van der Waals surface area contributed by atoms with Crippen LogP contribution >= 0.6 is 38.5 Å². The highest BCUT2D eigenvalue weighted by atomic mass is 127. The van der Waals surface area contributed by atoms with Gasteiger partial charge in [0, 0.05) is 6.20 Å². The lowest BCUT2D eigenvalue weighted by Crippen LogP contribution is -1.89. The highest BCUT2D eigenvalue weighted by Gasteiger charge is 2.03. The van der Waals surface area contributed by atoms with Crippen LogP contribution in [0.1, 0.15) is 0 Å². The average Bonchev–Trinajstić information content (AvgIpc) is 1.88. The van der Waals surface area contributed by atoms with Gasteiger partial charge in [0.15, 0.2) is 5.75 Å². The van der Waals surface area contributed by atoms with Crippen LogP contribution in [0.5, 0.6) is 5.75 Å². The van der Waals surface area contributed by atoms with Crippen molar-refractivity contribution in [3.63, 3.8) is 0 Å². The monoisotopic (exact) mass is 313 g/mol. The Morgan fingerprint density at radius 3 is 2.80 bits per heavy atom. The molecule has 1 rings (SSSR count). The predicted molar refractivity (Wildman–Crippen MR) is 51.2 cm³/mol. The van der Waals surface area contributed by atoms with Crippen molar-refractivity contribution in [1.29, 1.82) is 0 Å². The van der Waals surface area contributed by atoms with Crippen LogP contribution in [0.3, 0.4) is 0 Å². The van der Waals surface area contributed by atoms with E-state index in [1.807, 2.05) is 6.07 Å². The van der Waals surface area contributed by atoms with Crippen LogP contribution in [0.25, 0.3) is 0 Å². The molecule has 1 heterocycles. The molecule has 0 N–H and O–H groups in total. The molecule has 0 aliphatic carbocycles. The zero-order valence-electron chi connectivity index (χ0n) is 5.27. The van der Waals surface area contributed by atoms with Gasteiger partial charge in [-0.05, 0) is 44.6 Å². The van der Waals surface area contributed by atoms with Gasteiger partial charge >= 0.3 is 0 Å². The van der Waals surface area contributed by atoms with E-state index < -0.39 is 0 Å². The quantitative estimate of drug-likeness (QED) is 0.587. The molecule has 0 atom stereocenters. The normalized spacial score (nSPS) is 9.50. The summed E-state index contributed by atoms with van der Waals surface area (Å²) in [6.45, 7) is 0. The van der Waals surface area contributed by atoms with Gasteiger partial charge in [-0.2, -0.15) is 0 Å². The van der Waals surface area contributed by atoms with Gasteiger partial charge in [0.25, 0.3) is 0 Å². The molecule has 0 aliphatic rings. The van der Waals surface area contributed by atoms with Crippen molar-refractivity contribution in [2.45, 2.75) is 0 Å². The van der Waals surface area contributed by atoms with Crippen molar-refractivity contribution in [2.75, 3.05) is 7.11 Å². The third kappa shape index (κ3) is 1.60. The van der Waals surface area contributed by atoms with Crippen LogP contribution in [-0.2, 0) is 0 Å². The lowest BCUT2D eigenvalue weighted by molar-refractivity contribution is 0.406. The Balaban J connectivity index is 3.17. The average molecular weight is 314 g/mol. The summed E-state index contributed by atoms with van der Waals surface area (Å²) in [6.07, 6.45) is 1.73. The van der Waals surface area contributed by atoms with E-state index in [1.54, 1.807) is 13.3 Å². The van der Waals surface area contributed by atoms with E-state index in [-0.39, 0.29) is 0 Å². The summed E-state index contributed by atoms with van der Waals surface area (Å²) >= 11 is 5.46. The van der Waals surface area contributed by atoms with Gasteiger partial charge in [-0.15, -0.1) is 0 Å². The van der Waals surface area contributed by atoms with Crippen LogP contribution in [0.4, 0.5) is 0 Å². The van der Waals surface area contributed by atoms with Crippen LogP contribution in [0.2, 0.25) is 0 Å². The van der Waals surface area contributed by atoms with Gasteiger partial charge in [-0.1, -0.05) is 0 Å². The molecule has 0 saturated heterocycles. The molecule has 0 aromatic carbocycles. The number of nitrogens with zero attached hydrogens (tertiary/aromatic N) is 1. The molecule has 2 nitrogen and oxygen atoms in total. The topological polar surface area (TPSA) is 22.1 Å². The first kappa shape index (κ1) is 8.26. The van der Waals surface area contributed by atoms with Crippen LogP contribution < -0.4 is 4.74 Å². The molecule has 0 amide bonds. The summed E-state index contributed by atoms with van der Waals surface area (Å²) in [4.78, 5) is 4.00. The molecule has 1 aromatic rings. The molecule has 1 aromatic heterocycles. The summed E-state index contributed by atoms with van der Waals surface area (Å²) in [5.41, 5.74) is 0. The van der Waals surface area contributed by atoms with E-state index in [2.05, 4.69) is 43.5 Å². The maximum Gasteiger partial charge on any atom is 0.164 e. The third-order valence-electron chi connectivity index (χ3n) is 1.02. The Hall–Kier alpha value is 0.160. The van der Waals surface area contributed by atoms with Crippen molar-refractivity contribution >= 4 is 38.5 Å². The smallest absolute Gasteiger partial charge is 0.164 e. The minimum atomic E-state index is 0.752. The summed E-state index contributed by atoms with van der Waals surface area (Å²) < 4.78 is 6.87. The summed E-state index contributed by atoms with van der Waals surface area (Å²) in [7, 11) is 1.63. The first-order valence-corrected chi connectivity index (χ1v) is 4.47. The second-order valence-electron chi connectivity index (χ2n) is 1.62. The number of aromatic nitrogens is 1.